The Labute approximate surface area is 137 Å². The average Bonchev–Trinajstić information content (AvgIpc) is 3.16. The normalized spacial score (nSPS) is 17.9. The van der Waals surface area contributed by atoms with Crippen molar-refractivity contribution in [2.75, 3.05) is 20.1 Å². The molecule has 0 aliphatic carbocycles. The Kier molecular flexibility index (Phi) is 4.76. The minimum Gasteiger partial charge on any atom is -0.334 e. The van der Waals surface area contributed by atoms with Crippen molar-refractivity contribution in [3.8, 4) is 0 Å². The first-order valence-corrected chi connectivity index (χ1v) is 8.14. The molecule has 23 heavy (non-hydrogen) atoms. The van der Waals surface area contributed by atoms with Crippen molar-refractivity contribution in [1.29, 1.82) is 0 Å². The van der Waals surface area contributed by atoms with E-state index in [1.165, 1.54) is 5.56 Å². The van der Waals surface area contributed by atoms with E-state index in [-0.39, 0.29) is 11.9 Å². The van der Waals surface area contributed by atoms with Gasteiger partial charge >= 0.3 is 0 Å². The summed E-state index contributed by atoms with van der Waals surface area (Å²) in [6, 6.07) is 10.4. The van der Waals surface area contributed by atoms with Crippen molar-refractivity contribution in [3.05, 3.63) is 53.9 Å². The first kappa shape index (κ1) is 15.7. The molecule has 1 saturated heterocycles. The van der Waals surface area contributed by atoms with E-state index in [9.17, 15) is 4.79 Å². The molecule has 1 aromatic heterocycles. The van der Waals surface area contributed by atoms with Gasteiger partial charge in [0, 0.05) is 31.9 Å². The van der Waals surface area contributed by atoms with Gasteiger partial charge in [-0.05, 0) is 25.5 Å². The molecule has 122 valence electrons. The number of carbonyl (C=O) groups is 1. The molecule has 1 aliphatic rings. The highest BCUT2D eigenvalue weighted by molar-refractivity contribution is 5.79. The predicted molar refractivity (Wildman–Crippen MR) is 89.7 cm³/mol. The number of likely N-dealkylation sites (N-methyl/N-ethyl adjacent to an activating group) is 1. The second-order valence-electron chi connectivity index (χ2n) is 6.35. The maximum Gasteiger partial charge on any atom is 0.237 e. The summed E-state index contributed by atoms with van der Waals surface area (Å²) in [7, 11) is 3.91. The van der Waals surface area contributed by atoms with Crippen LogP contribution in [-0.2, 0) is 18.4 Å². The summed E-state index contributed by atoms with van der Waals surface area (Å²) in [6.07, 6.45) is 5.99. The molecule has 0 unspecified atom stereocenters. The van der Waals surface area contributed by atoms with Crippen LogP contribution < -0.4 is 0 Å². The lowest BCUT2D eigenvalue weighted by atomic mass is 10.1. The molecular weight excluding hydrogens is 288 g/mol. The molecule has 1 fully saturated rings. The minimum absolute atomic E-state index is 0.182. The molecule has 1 aromatic carbocycles. The number of hydrogen-bond acceptors (Lipinski definition) is 3. The molecule has 5 nitrogen and oxygen atoms in total. The first-order valence-electron chi connectivity index (χ1n) is 8.14. The third-order valence-corrected chi connectivity index (χ3v) is 4.38. The van der Waals surface area contributed by atoms with Crippen LogP contribution in [0.1, 0.15) is 30.0 Å². The lowest BCUT2D eigenvalue weighted by molar-refractivity contribution is -0.133. The van der Waals surface area contributed by atoms with E-state index in [1.807, 2.05) is 49.6 Å². The monoisotopic (exact) mass is 312 g/mol. The summed E-state index contributed by atoms with van der Waals surface area (Å²) >= 11 is 0. The number of hydrogen-bond donors (Lipinski definition) is 0. The zero-order valence-corrected chi connectivity index (χ0v) is 13.9. The molecule has 0 radical (unpaired) electrons. The summed E-state index contributed by atoms with van der Waals surface area (Å²) in [5.74, 6) is 0.204. The topological polar surface area (TPSA) is 41.4 Å². The van der Waals surface area contributed by atoms with Gasteiger partial charge in [-0.2, -0.15) is 5.10 Å². The fourth-order valence-electron chi connectivity index (χ4n) is 3.30. The number of amides is 1. The Bertz CT molecular complexity index is 652. The Morgan fingerprint density at radius 3 is 2.83 bits per heavy atom. The number of carbonyl (C=O) groups excluding carboxylic acids is 1. The van der Waals surface area contributed by atoms with E-state index in [4.69, 9.17) is 0 Å². The predicted octanol–water partition coefficient (Wildman–Crippen LogP) is 2.22. The van der Waals surface area contributed by atoms with Gasteiger partial charge in [0.2, 0.25) is 5.91 Å². The lowest BCUT2D eigenvalue weighted by Crippen LogP contribution is -2.38. The van der Waals surface area contributed by atoms with Gasteiger partial charge in [-0.1, -0.05) is 30.3 Å². The summed E-state index contributed by atoms with van der Waals surface area (Å²) in [5.41, 5.74) is 2.37. The first-order chi connectivity index (χ1) is 11.1. The molecule has 2 heterocycles. The van der Waals surface area contributed by atoms with Crippen molar-refractivity contribution >= 4 is 5.91 Å². The maximum absolute atomic E-state index is 12.7. The number of aryl methyl sites for hydroxylation is 1. The van der Waals surface area contributed by atoms with Gasteiger partial charge < -0.3 is 4.90 Å². The van der Waals surface area contributed by atoms with Crippen LogP contribution in [0.5, 0.6) is 0 Å². The maximum atomic E-state index is 12.7. The standard InChI is InChI=1S/C18H24N4O/c1-20(12-15-7-4-3-5-8-15)14-18(23)22-10-6-9-17(22)16-11-19-21(2)13-16/h3-5,7-8,11,13,17H,6,9-10,12,14H2,1-2H3/t17-/m0/s1. The molecule has 0 spiro atoms. The highest BCUT2D eigenvalue weighted by Gasteiger charge is 2.30. The van der Waals surface area contributed by atoms with E-state index in [2.05, 4.69) is 22.1 Å². The Balaban J connectivity index is 1.60. The van der Waals surface area contributed by atoms with Crippen LogP contribution in [0.25, 0.3) is 0 Å². The average molecular weight is 312 g/mol. The molecule has 1 atom stereocenters. The van der Waals surface area contributed by atoms with Crippen molar-refractivity contribution in [2.45, 2.75) is 25.4 Å². The van der Waals surface area contributed by atoms with Crippen LogP contribution in [0.15, 0.2) is 42.7 Å². The molecule has 0 saturated carbocycles. The summed E-state index contributed by atoms with van der Waals surface area (Å²) in [5, 5.41) is 4.24. The zero-order valence-electron chi connectivity index (χ0n) is 13.9. The van der Waals surface area contributed by atoms with Crippen molar-refractivity contribution in [2.24, 2.45) is 7.05 Å². The number of nitrogens with zero attached hydrogens (tertiary/aromatic N) is 4. The number of likely N-dealkylation sites (tertiary alicyclic amines) is 1. The van der Waals surface area contributed by atoms with Crippen molar-refractivity contribution in [3.63, 3.8) is 0 Å². The van der Waals surface area contributed by atoms with Gasteiger partial charge in [0.15, 0.2) is 0 Å². The lowest BCUT2D eigenvalue weighted by Gasteiger charge is -2.26. The summed E-state index contributed by atoms with van der Waals surface area (Å²) in [6.45, 7) is 2.08. The molecule has 5 heteroatoms. The molecule has 3 rings (SSSR count). The van der Waals surface area contributed by atoms with Crippen LogP contribution >= 0.6 is 0 Å². The van der Waals surface area contributed by atoms with Crippen LogP contribution in [-0.4, -0.2) is 45.6 Å². The van der Waals surface area contributed by atoms with Crippen molar-refractivity contribution < 1.29 is 4.79 Å². The van der Waals surface area contributed by atoms with Gasteiger partial charge in [-0.3, -0.25) is 14.4 Å². The third kappa shape index (κ3) is 3.79. The largest absolute Gasteiger partial charge is 0.334 e. The second kappa shape index (κ2) is 6.96. The van der Waals surface area contributed by atoms with Gasteiger partial charge in [0.1, 0.15) is 0 Å². The fraction of sp³-hybridized carbons (Fsp3) is 0.444. The van der Waals surface area contributed by atoms with Gasteiger partial charge in [-0.15, -0.1) is 0 Å². The van der Waals surface area contributed by atoms with E-state index in [0.29, 0.717) is 6.54 Å². The number of rotatable bonds is 5. The Morgan fingerprint density at radius 2 is 2.13 bits per heavy atom. The van der Waals surface area contributed by atoms with Crippen molar-refractivity contribution in [1.82, 2.24) is 19.6 Å². The fourth-order valence-corrected chi connectivity index (χ4v) is 3.30. The minimum atomic E-state index is 0.182. The third-order valence-electron chi connectivity index (χ3n) is 4.38. The summed E-state index contributed by atoms with van der Waals surface area (Å²) < 4.78 is 1.80. The van der Waals surface area contributed by atoms with E-state index >= 15 is 0 Å². The zero-order chi connectivity index (χ0) is 16.2. The second-order valence-corrected chi connectivity index (χ2v) is 6.35. The van der Waals surface area contributed by atoms with Gasteiger partial charge in [0.05, 0.1) is 18.8 Å². The quantitative estimate of drug-likeness (QED) is 0.850. The molecule has 1 amide bonds. The highest BCUT2D eigenvalue weighted by atomic mass is 16.2. The van der Waals surface area contributed by atoms with E-state index in [0.717, 1.165) is 31.5 Å². The van der Waals surface area contributed by atoms with Crippen LogP contribution in [0.2, 0.25) is 0 Å². The Morgan fingerprint density at radius 1 is 1.35 bits per heavy atom. The molecule has 0 bridgehead atoms. The van der Waals surface area contributed by atoms with Crippen LogP contribution in [0, 0.1) is 0 Å². The highest BCUT2D eigenvalue weighted by Crippen LogP contribution is 2.31. The molecule has 2 aromatic rings. The molecule has 1 aliphatic heterocycles. The van der Waals surface area contributed by atoms with Gasteiger partial charge in [0.25, 0.3) is 0 Å². The SMILES string of the molecule is CN(CC(=O)N1CCC[C@H]1c1cnn(C)c1)Cc1ccccc1. The van der Waals surface area contributed by atoms with E-state index in [1.54, 1.807) is 4.68 Å². The smallest absolute Gasteiger partial charge is 0.237 e. The molecular formula is C18H24N4O. The number of aromatic nitrogens is 2. The Hall–Kier alpha value is -2.14. The summed E-state index contributed by atoms with van der Waals surface area (Å²) in [4.78, 5) is 16.8. The molecule has 0 N–H and O–H groups in total. The van der Waals surface area contributed by atoms with Crippen LogP contribution in [0.3, 0.4) is 0 Å². The van der Waals surface area contributed by atoms with E-state index < -0.39 is 0 Å². The number of benzene rings is 1. The van der Waals surface area contributed by atoms with Crippen LogP contribution in [0.4, 0.5) is 0 Å². The van der Waals surface area contributed by atoms with Gasteiger partial charge in [-0.25, -0.2) is 0 Å².